The van der Waals surface area contributed by atoms with Gasteiger partial charge in [0.15, 0.2) is 0 Å². The van der Waals surface area contributed by atoms with Crippen molar-refractivity contribution in [3.63, 3.8) is 0 Å². The number of carbonyl (C=O) groups is 1. The molecule has 1 aliphatic heterocycles. The van der Waals surface area contributed by atoms with Gasteiger partial charge < -0.3 is 10.2 Å². The minimum Gasteiger partial charge on any atom is -0.356 e. The van der Waals surface area contributed by atoms with Crippen molar-refractivity contribution in [2.24, 2.45) is 5.41 Å². The third-order valence-electron chi connectivity index (χ3n) is 5.03. The second-order valence-electron chi connectivity index (χ2n) is 8.79. The fourth-order valence-electron chi connectivity index (χ4n) is 3.68. The number of carbonyl (C=O) groups excluding carboxylic acids is 1. The summed E-state index contributed by atoms with van der Waals surface area (Å²) in [5.74, 6) is 0.0249. The molecule has 1 amide bonds. The number of sulfonamides is 1. The predicted octanol–water partition coefficient (Wildman–Crippen LogP) is 2.50. The molecule has 0 saturated carbocycles. The number of hydrogen-bond donors (Lipinski definition) is 1. The molecule has 1 fully saturated rings. The van der Waals surface area contributed by atoms with Crippen LogP contribution in [0, 0.1) is 5.41 Å². The van der Waals surface area contributed by atoms with Gasteiger partial charge in [0.25, 0.3) is 0 Å². The van der Waals surface area contributed by atoms with Gasteiger partial charge in [-0.15, -0.1) is 0 Å². The number of rotatable bonds is 9. The molecule has 1 aromatic carbocycles. The Morgan fingerprint density at radius 2 is 1.71 bits per heavy atom. The highest BCUT2D eigenvalue weighted by molar-refractivity contribution is 7.89. The SMILES string of the molecule is CN(C)CC(C)(C)CNC(=O)CCc1ccc(S(=O)(=O)N2CCCCC2)cc1. The maximum atomic E-state index is 12.7. The smallest absolute Gasteiger partial charge is 0.243 e. The van der Waals surface area contributed by atoms with Crippen LogP contribution in [0.1, 0.15) is 45.1 Å². The lowest BCUT2D eigenvalue weighted by atomic mass is 9.93. The van der Waals surface area contributed by atoms with Gasteiger partial charge in [-0.1, -0.05) is 32.4 Å². The number of piperidine rings is 1. The largest absolute Gasteiger partial charge is 0.356 e. The van der Waals surface area contributed by atoms with Crippen molar-refractivity contribution < 1.29 is 13.2 Å². The van der Waals surface area contributed by atoms with E-state index in [9.17, 15) is 13.2 Å². The monoisotopic (exact) mass is 409 g/mol. The molecule has 1 saturated heterocycles. The van der Waals surface area contributed by atoms with Crippen LogP contribution in [0.15, 0.2) is 29.2 Å². The highest BCUT2D eigenvalue weighted by Gasteiger charge is 2.25. The topological polar surface area (TPSA) is 69.7 Å². The van der Waals surface area contributed by atoms with E-state index in [0.717, 1.165) is 31.4 Å². The Hall–Kier alpha value is -1.44. The summed E-state index contributed by atoms with van der Waals surface area (Å²) in [6, 6.07) is 6.97. The van der Waals surface area contributed by atoms with Gasteiger partial charge in [0.05, 0.1) is 4.90 Å². The molecule has 0 aromatic heterocycles. The molecular formula is C21H35N3O3S. The Kier molecular flexibility index (Phi) is 8.04. The van der Waals surface area contributed by atoms with Crippen LogP contribution >= 0.6 is 0 Å². The van der Waals surface area contributed by atoms with Crippen LogP contribution in [-0.4, -0.2) is 63.8 Å². The maximum Gasteiger partial charge on any atom is 0.243 e. The summed E-state index contributed by atoms with van der Waals surface area (Å²) in [4.78, 5) is 14.6. The van der Waals surface area contributed by atoms with Gasteiger partial charge in [-0.2, -0.15) is 4.31 Å². The molecule has 0 spiro atoms. The molecule has 6 nitrogen and oxygen atoms in total. The molecule has 7 heteroatoms. The first-order valence-electron chi connectivity index (χ1n) is 10.1. The number of aryl methyl sites for hydroxylation is 1. The van der Waals surface area contributed by atoms with Crippen molar-refractivity contribution >= 4 is 15.9 Å². The summed E-state index contributed by atoms with van der Waals surface area (Å²) in [6.07, 6.45) is 3.95. The van der Waals surface area contributed by atoms with E-state index in [4.69, 9.17) is 0 Å². The fraction of sp³-hybridized carbons (Fsp3) is 0.667. The van der Waals surface area contributed by atoms with Gasteiger partial charge >= 0.3 is 0 Å². The van der Waals surface area contributed by atoms with Gasteiger partial charge in [0.1, 0.15) is 0 Å². The molecule has 2 rings (SSSR count). The summed E-state index contributed by atoms with van der Waals surface area (Å²) in [7, 11) is 0.658. The standard InChI is InChI=1S/C21H35N3O3S/c1-21(2,17-23(3)4)16-22-20(25)13-10-18-8-11-19(12-9-18)28(26,27)24-14-6-5-7-15-24/h8-9,11-12H,5-7,10,13-17H2,1-4H3,(H,22,25). The van der Waals surface area contributed by atoms with Gasteiger partial charge in [0.2, 0.25) is 15.9 Å². The van der Waals surface area contributed by atoms with E-state index in [1.54, 1.807) is 16.4 Å². The molecule has 0 radical (unpaired) electrons. The van der Waals surface area contributed by atoms with Gasteiger partial charge in [0, 0.05) is 32.6 Å². The Labute approximate surface area is 170 Å². The maximum absolute atomic E-state index is 12.7. The average molecular weight is 410 g/mol. The van der Waals surface area contributed by atoms with Crippen LogP contribution in [0.25, 0.3) is 0 Å². The molecule has 28 heavy (non-hydrogen) atoms. The molecular weight excluding hydrogens is 374 g/mol. The van der Waals surface area contributed by atoms with Crippen molar-refractivity contribution in [1.82, 2.24) is 14.5 Å². The lowest BCUT2D eigenvalue weighted by Crippen LogP contribution is -2.40. The Bertz CT molecular complexity index is 737. The second-order valence-corrected chi connectivity index (χ2v) is 10.7. The van der Waals surface area contributed by atoms with Crippen molar-refractivity contribution in [3.05, 3.63) is 29.8 Å². The number of hydrogen-bond acceptors (Lipinski definition) is 4. The summed E-state index contributed by atoms with van der Waals surface area (Å²) in [5, 5.41) is 3.01. The van der Waals surface area contributed by atoms with Crippen molar-refractivity contribution in [2.45, 2.75) is 50.8 Å². The van der Waals surface area contributed by atoms with Crippen LogP contribution in [-0.2, 0) is 21.2 Å². The highest BCUT2D eigenvalue weighted by atomic mass is 32.2. The fourth-order valence-corrected chi connectivity index (χ4v) is 5.20. The minimum atomic E-state index is -3.39. The number of amides is 1. The lowest BCUT2D eigenvalue weighted by Gasteiger charge is -2.28. The molecule has 0 unspecified atom stereocenters. The molecule has 1 aliphatic rings. The minimum absolute atomic E-state index is 0.0175. The van der Waals surface area contributed by atoms with Crippen molar-refractivity contribution in [1.29, 1.82) is 0 Å². The number of nitrogens with one attached hydrogen (secondary N) is 1. The molecule has 0 atom stereocenters. The van der Waals surface area contributed by atoms with E-state index >= 15 is 0 Å². The normalized spacial score (nSPS) is 16.3. The zero-order valence-corrected chi connectivity index (χ0v) is 18.5. The molecule has 0 aliphatic carbocycles. The number of benzene rings is 1. The van der Waals surface area contributed by atoms with Crippen LogP contribution in [0.2, 0.25) is 0 Å². The summed E-state index contributed by atoms with van der Waals surface area (Å²) < 4.78 is 26.9. The first-order valence-corrected chi connectivity index (χ1v) is 11.5. The van der Waals surface area contributed by atoms with Crippen LogP contribution in [0.4, 0.5) is 0 Å². The molecule has 1 N–H and O–H groups in total. The van der Waals surface area contributed by atoms with E-state index < -0.39 is 10.0 Å². The van der Waals surface area contributed by atoms with E-state index in [1.807, 2.05) is 26.2 Å². The van der Waals surface area contributed by atoms with E-state index in [1.165, 1.54) is 0 Å². The van der Waals surface area contributed by atoms with Crippen molar-refractivity contribution in [2.75, 3.05) is 40.3 Å². The zero-order chi connectivity index (χ0) is 20.8. The summed E-state index contributed by atoms with van der Waals surface area (Å²) in [5.41, 5.74) is 0.990. The zero-order valence-electron chi connectivity index (χ0n) is 17.7. The summed E-state index contributed by atoms with van der Waals surface area (Å²) in [6.45, 7) is 7.02. The first kappa shape index (κ1) is 22.8. The van der Waals surface area contributed by atoms with Crippen LogP contribution in [0.5, 0.6) is 0 Å². The Balaban J connectivity index is 1.84. The van der Waals surface area contributed by atoms with Gasteiger partial charge in [-0.3, -0.25) is 4.79 Å². The molecule has 0 bridgehead atoms. The third kappa shape index (κ3) is 6.87. The van der Waals surface area contributed by atoms with Gasteiger partial charge in [-0.05, 0) is 56.5 Å². The molecule has 158 valence electrons. The second kappa shape index (κ2) is 9.85. The summed E-state index contributed by atoms with van der Waals surface area (Å²) >= 11 is 0. The Morgan fingerprint density at radius 1 is 1.11 bits per heavy atom. The predicted molar refractivity (Wildman–Crippen MR) is 113 cm³/mol. The lowest BCUT2D eigenvalue weighted by molar-refractivity contribution is -0.121. The van der Waals surface area contributed by atoms with E-state index in [0.29, 0.717) is 37.4 Å². The first-order chi connectivity index (χ1) is 13.1. The third-order valence-corrected chi connectivity index (χ3v) is 6.94. The average Bonchev–Trinajstić information content (AvgIpc) is 2.65. The van der Waals surface area contributed by atoms with E-state index in [2.05, 4.69) is 24.1 Å². The number of nitrogens with zero attached hydrogens (tertiary/aromatic N) is 2. The van der Waals surface area contributed by atoms with Crippen LogP contribution in [0.3, 0.4) is 0 Å². The molecule has 1 aromatic rings. The van der Waals surface area contributed by atoms with Crippen molar-refractivity contribution in [3.8, 4) is 0 Å². The van der Waals surface area contributed by atoms with E-state index in [-0.39, 0.29) is 11.3 Å². The Morgan fingerprint density at radius 3 is 2.29 bits per heavy atom. The quantitative estimate of drug-likeness (QED) is 0.680. The van der Waals surface area contributed by atoms with Crippen LogP contribution < -0.4 is 5.32 Å². The highest BCUT2D eigenvalue weighted by Crippen LogP contribution is 2.21. The van der Waals surface area contributed by atoms with Gasteiger partial charge in [-0.25, -0.2) is 8.42 Å². The molecule has 1 heterocycles.